The Morgan fingerprint density at radius 1 is 0.969 bits per heavy atom. The molecule has 0 aliphatic heterocycles. The van der Waals surface area contributed by atoms with Crippen molar-refractivity contribution >= 4 is 45.7 Å². The third-order valence-corrected chi connectivity index (χ3v) is 4.98. The molecule has 6 nitrogen and oxygen atoms in total. The second kappa shape index (κ2) is 9.03. The second-order valence-corrected chi connectivity index (χ2v) is 7.29. The van der Waals surface area contributed by atoms with Crippen LogP contribution in [0.4, 0.5) is 15.8 Å². The average Bonchev–Trinajstić information content (AvgIpc) is 2.79. The van der Waals surface area contributed by atoms with Crippen LogP contribution in [-0.2, 0) is 0 Å². The van der Waals surface area contributed by atoms with Gasteiger partial charge < -0.3 is 15.4 Å². The van der Waals surface area contributed by atoms with Crippen LogP contribution in [0.25, 0.3) is 10.9 Å². The number of rotatable bonds is 5. The molecule has 0 aliphatic carbocycles. The first kappa shape index (κ1) is 21.3. The van der Waals surface area contributed by atoms with Gasteiger partial charge in [0.15, 0.2) is 0 Å². The predicted octanol–water partition coefficient (Wildman–Crippen LogP) is 5.54. The highest BCUT2D eigenvalue weighted by molar-refractivity contribution is 6.31. The predicted molar refractivity (Wildman–Crippen MR) is 122 cm³/mol. The van der Waals surface area contributed by atoms with Gasteiger partial charge in [0.1, 0.15) is 11.6 Å². The molecule has 8 heteroatoms. The smallest absolute Gasteiger partial charge is 0.256 e. The lowest BCUT2D eigenvalue weighted by Gasteiger charge is -2.13. The number of hydrogen-bond donors (Lipinski definition) is 2. The number of nitrogens with one attached hydrogen (secondary N) is 2. The molecule has 1 aromatic heterocycles. The van der Waals surface area contributed by atoms with Crippen molar-refractivity contribution in [3.63, 3.8) is 0 Å². The Labute approximate surface area is 188 Å². The van der Waals surface area contributed by atoms with E-state index in [1.807, 2.05) is 0 Å². The van der Waals surface area contributed by atoms with Crippen LogP contribution in [0.15, 0.2) is 72.9 Å². The maximum atomic E-state index is 13.7. The van der Waals surface area contributed by atoms with E-state index in [2.05, 4.69) is 15.6 Å². The first-order valence-corrected chi connectivity index (χ1v) is 9.93. The van der Waals surface area contributed by atoms with Gasteiger partial charge in [-0.1, -0.05) is 17.7 Å². The van der Waals surface area contributed by atoms with Crippen molar-refractivity contribution in [3.05, 3.63) is 94.9 Å². The first-order valence-electron chi connectivity index (χ1n) is 9.55. The summed E-state index contributed by atoms with van der Waals surface area (Å²) in [5.41, 5.74) is 2.05. The third-order valence-electron chi connectivity index (χ3n) is 4.74. The molecule has 1 heterocycles. The number of halogens is 2. The number of fused-ring (bicyclic) bond motifs is 1. The summed E-state index contributed by atoms with van der Waals surface area (Å²) in [4.78, 5) is 29.5. The lowest BCUT2D eigenvalue weighted by Crippen LogP contribution is -2.14. The van der Waals surface area contributed by atoms with Crippen molar-refractivity contribution in [3.8, 4) is 5.75 Å². The number of hydrogen-bond acceptors (Lipinski definition) is 4. The number of aromatic nitrogens is 1. The van der Waals surface area contributed by atoms with Crippen molar-refractivity contribution in [2.24, 2.45) is 0 Å². The number of ether oxygens (including phenoxy) is 1. The fourth-order valence-corrected chi connectivity index (χ4v) is 3.40. The normalized spacial score (nSPS) is 10.6. The molecule has 0 bridgehead atoms. The van der Waals surface area contributed by atoms with E-state index in [4.69, 9.17) is 16.3 Å². The molecule has 4 rings (SSSR count). The Balaban J connectivity index is 1.56. The van der Waals surface area contributed by atoms with Crippen LogP contribution in [0.1, 0.15) is 20.7 Å². The zero-order chi connectivity index (χ0) is 22.7. The van der Waals surface area contributed by atoms with E-state index in [-0.39, 0.29) is 11.5 Å². The Morgan fingerprint density at radius 3 is 2.59 bits per heavy atom. The number of carbonyl (C=O) groups excluding carboxylic acids is 2. The average molecular weight is 450 g/mol. The second-order valence-electron chi connectivity index (χ2n) is 6.85. The summed E-state index contributed by atoms with van der Waals surface area (Å²) in [6, 6.07) is 17.0. The standard InChI is InChI=1S/C24H17ClFN3O3/c1-32-22-13-17(6-8-21(22)29-23(30)14-3-2-4-15(25)11-14)28-24(31)18-9-10-27-20-7-5-16(26)12-19(18)20/h2-13H,1H3,(H,28,31)(H,29,30). The molecule has 32 heavy (non-hydrogen) atoms. The molecular weight excluding hydrogens is 433 g/mol. The molecule has 0 unspecified atom stereocenters. The molecule has 0 aliphatic rings. The summed E-state index contributed by atoms with van der Waals surface area (Å²) in [6.45, 7) is 0. The molecule has 3 aromatic carbocycles. The van der Waals surface area contributed by atoms with Gasteiger partial charge in [-0.2, -0.15) is 0 Å². The number of anilines is 2. The Bertz CT molecular complexity index is 1340. The lowest BCUT2D eigenvalue weighted by molar-refractivity contribution is 0.101. The van der Waals surface area contributed by atoms with Crippen molar-refractivity contribution in [2.45, 2.75) is 0 Å². The Morgan fingerprint density at radius 2 is 1.81 bits per heavy atom. The SMILES string of the molecule is COc1cc(NC(=O)c2ccnc3ccc(F)cc23)ccc1NC(=O)c1cccc(Cl)c1. The van der Waals surface area contributed by atoms with Crippen molar-refractivity contribution in [1.82, 2.24) is 4.98 Å². The maximum absolute atomic E-state index is 13.7. The summed E-state index contributed by atoms with van der Waals surface area (Å²) in [6.07, 6.45) is 1.49. The van der Waals surface area contributed by atoms with E-state index in [0.717, 1.165) is 0 Å². The third kappa shape index (κ3) is 4.53. The number of methoxy groups -OCH3 is 1. The number of carbonyl (C=O) groups is 2. The summed E-state index contributed by atoms with van der Waals surface area (Å²) < 4.78 is 19.0. The maximum Gasteiger partial charge on any atom is 0.256 e. The minimum atomic E-state index is -0.457. The van der Waals surface area contributed by atoms with Crippen LogP contribution >= 0.6 is 11.6 Å². The first-order chi connectivity index (χ1) is 15.4. The highest BCUT2D eigenvalue weighted by atomic mass is 35.5. The van der Waals surface area contributed by atoms with Gasteiger partial charge in [0.2, 0.25) is 0 Å². The topological polar surface area (TPSA) is 80.3 Å². The van der Waals surface area contributed by atoms with Crippen molar-refractivity contribution in [1.29, 1.82) is 0 Å². The summed E-state index contributed by atoms with van der Waals surface area (Å²) in [5, 5.41) is 6.38. The van der Waals surface area contributed by atoms with Gasteiger partial charge in [0.25, 0.3) is 11.8 Å². The molecule has 0 fully saturated rings. The van der Waals surface area contributed by atoms with Gasteiger partial charge >= 0.3 is 0 Å². The minimum Gasteiger partial charge on any atom is -0.494 e. The van der Waals surface area contributed by atoms with E-state index < -0.39 is 11.7 Å². The zero-order valence-corrected chi connectivity index (χ0v) is 17.6. The van der Waals surface area contributed by atoms with Gasteiger partial charge in [-0.15, -0.1) is 0 Å². The van der Waals surface area contributed by atoms with Gasteiger partial charge in [-0.3, -0.25) is 14.6 Å². The van der Waals surface area contributed by atoms with Crippen LogP contribution in [0, 0.1) is 5.82 Å². The molecule has 0 spiro atoms. The van der Waals surface area contributed by atoms with E-state index in [1.165, 1.54) is 37.6 Å². The zero-order valence-electron chi connectivity index (χ0n) is 16.9. The summed E-state index contributed by atoms with van der Waals surface area (Å²) in [5.74, 6) is -0.890. The molecule has 2 N–H and O–H groups in total. The largest absolute Gasteiger partial charge is 0.494 e. The molecule has 0 radical (unpaired) electrons. The number of benzene rings is 3. The Hall–Kier alpha value is -3.97. The van der Waals surface area contributed by atoms with Crippen LogP contribution in [-0.4, -0.2) is 23.9 Å². The monoisotopic (exact) mass is 449 g/mol. The molecule has 0 atom stereocenters. The number of amides is 2. The highest BCUT2D eigenvalue weighted by Crippen LogP contribution is 2.29. The van der Waals surface area contributed by atoms with E-state index >= 15 is 0 Å². The molecule has 2 amide bonds. The summed E-state index contributed by atoms with van der Waals surface area (Å²) >= 11 is 5.95. The number of pyridine rings is 1. The van der Waals surface area contributed by atoms with E-state index in [9.17, 15) is 14.0 Å². The molecule has 0 saturated heterocycles. The van der Waals surface area contributed by atoms with E-state index in [1.54, 1.807) is 42.5 Å². The van der Waals surface area contributed by atoms with Crippen LogP contribution in [0.5, 0.6) is 5.75 Å². The van der Waals surface area contributed by atoms with E-state index in [0.29, 0.717) is 38.6 Å². The quantitative estimate of drug-likeness (QED) is 0.419. The number of nitrogens with zero attached hydrogens (tertiary/aromatic N) is 1. The molecule has 4 aromatic rings. The summed E-state index contributed by atoms with van der Waals surface area (Å²) in [7, 11) is 1.45. The van der Waals surface area contributed by atoms with Crippen LogP contribution < -0.4 is 15.4 Å². The van der Waals surface area contributed by atoms with Gasteiger partial charge in [0.05, 0.1) is 23.9 Å². The molecule has 160 valence electrons. The van der Waals surface area contributed by atoms with Crippen molar-refractivity contribution in [2.75, 3.05) is 17.7 Å². The van der Waals surface area contributed by atoms with Crippen LogP contribution in [0.2, 0.25) is 5.02 Å². The fourth-order valence-electron chi connectivity index (χ4n) is 3.21. The molecule has 0 saturated carbocycles. The van der Waals surface area contributed by atoms with Gasteiger partial charge in [0, 0.05) is 33.9 Å². The van der Waals surface area contributed by atoms with Crippen molar-refractivity contribution < 1.29 is 18.7 Å². The van der Waals surface area contributed by atoms with Crippen LogP contribution in [0.3, 0.4) is 0 Å². The minimum absolute atomic E-state index is 0.284. The highest BCUT2D eigenvalue weighted by Gasteiger charge is 2.15. The fraction of sp³-hybridized carbons (Fsp3) is 0.0417. The lowest BCUT2D eigenvalue weighted by atomic mass is 10.1. The van der Waals surface area contributed by atoms with Gasteiger partial charge in [-0.05, 0) is 54.6 Å². The van der Waals surface area contributed by atoms with Gasteiger partial charge in [-0.25, -0.2) is 4.39 Å². The molecular formula is C24H17ClFN3O3. The Kier molecular flexibility index (Phi) is 6.00.